The lowest BCUT2D eigenvalue weighted by Crippen LogP contribution is -2.36. The number of benzene rings is 1. The zero-order valence-electron chi connectivity index (χ0n) is 18.4. The van der Waals surface area contributed by atoms with E-state index >= 15 is 0 Å². The van der Waals surface area contributed by atoms with E-state index < -0.39 is 0 Å². The van der Waals surface area contributed by atoms with E-state index in [0.717, 1.165) is 37.0 Å². The van der Waals surface area contributed by atoms with Crippen LogP contribution in [0.4, 0.5) is 5.82 Å². The Kier molecular flexibility index (Phi) is 6.48. The third kappa shape index (κ3) is 4.85. The van der Waals surface area contributed by atoms with Crippen molar-refractivity contribution in [3.63, 3.8) is 0 Å². The van der Waals surface area contributed by atoms with Crippen LogP contribution in [-0.2, 0) is 9.53 Å². The average Bonchev–Trinajstić information content (AvgIpc) is 2.94. The van der Waals surface area contributed by atoms with E-state index in [-0.39, 0.29) is 28.4 Å². The molecular weight excluding hydrogens is 414 g/mol. The van der Waals surface area contributed by atoms with Crippen LogP contribution in [0.25, 0.3) is 0 Å². The van der Waals surface area contributed by atoms with Gasteiger partial charge in [0, 0.05) is 6.61 Å². The SMILES string of the molecule is CCCCOc1ccc(C2SCC(=O)Nc3c2c(=O)[nH]n3C2CCOC(C)(C)C2)cc1. The molecule has 0 radical (unpaired) electrons. The van der Waals surface area contributed by atoms with Crippen LogP contribution in [-0.4, -0.2) is 40.3 Å². The van der Waals surface area contributed by atoms with Crippen LogP contribution in [0.2, 0.25) is 0 Å². The number of aromatic amines is 1. The number of hydrogen-bond donors (Lipinski definition) is 2. The molecule has 0 bridgehead atoms. The monoisotopic (exact) mass is 445 g/mol. The summed E-state index contributed by atoms with van der Waals surface area (Å²) in [5.41, 5.74) is 1.18. The highest BCUT2D eigenvalue weighted by atomic mass is 32.2. The number of unbranched alkanes of at least 4 members (excludes halogenated alkanes) is 1. The number of nitrogens with one attached hydrogen (secondary N) is 2. The van der Waals surface area contributed by atoms with Crippen LogP contribution < -0.4 is 15.6 Å². The van der Waals surface area contributed by atoms with Gasteiger partial charge in [-0.15, -0.1) is 11.8 Å². The van der Waals surface area contributed by atoms with Crippen LogP contribution in [0.5, 0.6) is 5.75 Å². The summed E-state index contributed by atoms with van der Waals surface area (Å²) < 4.78 is 13.5. The molecule has 2 unspecified atom stereocenters. The van der Waals surface area contributed by atoms with Gasteiger partial charge in [-0.25, -0.2) is 0 Å². The second kappa shape index (κ2) is 9.12. The van der Waals surface area contributed by atoms with Crippen molar-refractivity contribution in [2.45, 2.75) is 63.3 Å². The lowest BCUT2D eigenvalue weighted by atomic mass is 9.94. The zero-order valence-corrected chi connectivity index (χ0v) is 19.2. The summed E-state index contributed by atoms with van der Waals surface area (Å²) in [5.74, 6) is 1.62. The molecule has 0 aliphatic carbocycles. The fourth-order valence-electron chi connectivity index (χ4n) is 4.27. The molecule has 2 aromatic rings. The number of H-pyrrole nitrogens is 1. The van der Waals surface area contributed by atoms with Crippen molar-refractivity contribution in [2.75, 3.05) is 24.3 Å². The predicted molar refractivity (Wildman–Crippen MR) is 123 cm³/mol. The number of ether oxygens (including phenoxy) is 2. The van der Waals surface area contributed by atoms with Crippen molar-refractivity contribution in [1.29, 1.82) is 0 Å². The standard InChI is InChI=1S/C23H31N3O4S/c1-4-5-11-29-17-8-6-15(7-9-17)20-19-21(24-18(27)14-31-20)26(25-22(19)28)16-10-12-30-23(2,3)13-16/h6-9,16,20H,4-5,10-14H2,1-3H3,(H,24,27)(H,25,28). The molecule has 1 aromatic heterocycles. The van der Waals surface area contributed by atoms with Crippen LogP contribution in [0.3, 0.4) is 0 Å². The van der Waals surface area contributed by atoms with Crippen molar-refractivity contribution in [3.8, 4) is 5.75 Å². The molecule has 2 aliphatic heterocycles. The molecule has 168 valence electrons. The van der Waals surface area contributed by atoms with Gasteiger partial charge in [-0.1, -0.05) is 25.5 Å². The summed E-state index contributed by atoms with van der Waals surface area (Å²) in [6, 6.07) is 7.94. The number of nitrogens with zero attached hydrogens (tertiary/aromatic N) is 1. The molecule has 2 aliphatic rings. The average molecular weight is 446 g/mol. The number of hydrogen-bond acceptors (Lipinski definition) is 5. The van der Waals surface area contributed by atoms with Gasteiger partial charge in [0.2, 0.25) is 5.91 Å². The van der Waals surface area contributed by atoms with Gasteiger partial charge in [0.05, 0.1) is 34.8 Å². The first kappa shape index (κ1) is 22.0. The maximum absolute atomic E-state index is 13.1. The molecule has 8 heteroatoms. The largest absolute Gasteiger partial charge is 0.494 e. The highest BCUT2D eigenvalue weighted by Gasteiger charge is 2.35. The summed E-state index contributed by atoms with van der Waals surface area (Å²) in [4.78, 5) is 25.6. The van der Waals surface area contributed by atoms with Crippen molar-refractivity contribution in [2.24, 2.45) is 0 Å². The Balaban J connectivity index is 1.66. The second-order valence-corrected chi connectivity index (χ2v) is 9.93. The third-order valence-corrected chi connectivity index (χ3v) is 7.12. The van der Waals surface area contributed by atoms with Gasteiger partial charge >= 0.3 is 0 Å². The quantitative estimate of drug-likeness (QED) is 0.649. The molecule has 1 saturated heterocycles. The zero-order chi connectivity index (χ0) is 22.0. The molecule has 0 spiro atoms. The minimum Gasteiger partial charge on any atom is -0.494 e. The van der Waals surface area contributed by atoms with Crippen LogP contribution in [0.1, 0.15) is 68.9 Å². The molecule has 2 atom stereocenters. The summed E-state index contributed by atoms with van der Waals surface area (Å²) in [6.07, 6.45) is 3.66. The van der Waals surface area contributed by atoms with Crippen LogP contribution >= 0.6 is 11.8 Å². The van der Waals surface area contributed by atoms with Gasteiger partial charge in [-0.05, 0) is 50.8 Å². The summed E-state index contributed by atoms with van der Waals surface area (Å²) in [7, 11) is 0. The molecule has 1 fully saturated rings. The Labute approximate surface area is 186 Å². The van der Waals surface area contributed by atoms with Gasteiger partial charge in [-0.3, -0.25) is 19.4 Å². The van der Waals surface area contributed by atoms with Crippen molar-refractivity contribution < 1.29 is 14.3 Å². The van der Waals surface area contributed by atoms with Gasteiger partial charge in [0.25, 0.3) is 5.56 Å². The van der Waals surface area contributed by atoms with Crippen LogP contribution in [0.15, 0.2) is 29.1 Å². The van der Waals surface area contributed by atoms with Gasteiger partial charge < -0.3 is 14.8 Å². The topological polar surface area (TPSA) is 85.4 Å². The maximum atomic E-state index is 13.1. The normalized spacial score (nSPS) is 23.0. The summed E-state index contributed by atoms with van der Waals surface area (Å²) in [5, 5.41) is 5.77. The minimum absolute atomic E-state index is 0.0681. The molecule has 7 nitrogen and oxygen atoms in total. The Bertz CT molecular complexity index is 980. The number of carbonyl (C=O) groups is 1. The number of carbonyl (C=O) groups excluding carboxylic acids is 1. The van der Waals surface area contributed by atoms with E-state index in [0.29, 0.717) is 30.3 Å². The predicted octanol–water partition coefficient (Wildman–Crippen LogP) is 4.26. The first-order valence-electron chi connectivity index (χ1n) is 11.0. The maximum Gasteiger partial charge on any atom is 0.270 e. The Morgan fingerprint density at radius 3 is 2.74 bits per heavy atom. The minimum atomic E-state index is -0.270. The number of fused-ring (bicyclic) bond motifs is 1. The Morgan fingerprint density at radius 1 is 1.26 bits per heavy atom. The van der Waals surface area contributed by atoms with E-state index in [1.807, 2.05) is 28.9 Å². The summed E-state index contributed by atoms with van der Waals surface area (Å²) >= 11 is 1.48. The van der Waals surface area contributed by atoms with E-state index in [1.54, 1.807) is 0 Å². The molecule has 31 heavy (non-hydrogen) atoms. The van der Waals surface area contributed by atoms with E-state index in [2.05, 4.69) is 31.2 Å². The van der Waals surface area contributed by atoms with E-state index in [4.69, 9.17) is 9.47 Å². The lowest BCUT2D eigenvalue weighted by Gasteiger charge is -2.36. The van der Waals surface area contributed by atoms with Gasteiger partial charge in [0.1, 0.15) is 11.6 Å². The van der Waals surface area contributed by atoms with Crippen LogP contribution in [0, 0.1) is 0 Å². The number of rotatable bonds is 6. The van der Waals surface area contributed by atoms with Gasteiger partial charge in [-0.2, -0.15) is 0 Å². The Morgan fingerprint density at radius 2 is 2.03 bits per heavy atom. The first-order chi connectivity index (χ1) is 14.9. The number of aromatic nitrogens is 2. The fourth-order valence-corrected chi connectivity index (χ4v) is 5.40. The number of anilines is 1. The van der Waals surface area contributed by atoms with Crippen molar-refractivity contribution >= 4 is 23.5 Å². The number of amides is 1. The number of thioether (sulfide) groups is 1. The summed E-state index contributed by atoms with van der Waals surface area (Å²) in [6.45, 7) is 7.56. The van der Waals surface area contributed by atoms with Gasteiger partial charge in [0.15, 0.2) is 0 Å². The Hall–Kier alpha value is -2.19. The smallest absolute Gasteiger partial charge is 0.270 e. The highest BCUT2D eigenvalue weighted by molar-refractivity contribution is 8.00. The lowest BCUT2D eigenvalue weighted by molar-refractivity contribution is -0.113. The molecule has 4 rings (SSSR count). The molecule has 2 N–H and O–H groups in total. The second-order valence-electron chi connectivity index (χ2n) is 8.84. The van der Waals surface area contributed by atoms with Crippen molar-refractivity contribution in [3.05, 3.63) is 45.7 Å². The molecule has 1 aromatic carbocycles. The molecule has 0 saturated carbocycles. The molecular formula is C23H31N3O4S. The van der Waals surface area contributed by atoms with E-state index in [9.17, 15) is 9.59 Å². The molecule has 3 heterocycles. The first-order valence-corrected chi connectivity index (χ1v) is 12.1. The third-order valence-electron chi connectivity index (χ3n) is 5.85. The highest BCUT2D eigenvalue weighted by Crippen LogP contribution is 2.42. The fraction of sp³-hybridized carbons (Fsp3) is 0.565. The van der Waals surface area contributed by atoms with Crippen molar-refractivity contribution in [1.82, 2.24) is 9.78 Å². The van der Waals surface area contributed by atoms with E-state index in [1.165, 1.54) is 11.8 Å². The molecule has 1 amide bonds.